The van der Waals surface area contributed by atoms with E-state index in [9.17, 15) is 45.3 Å². The summed E-state index contributed by atoms with van der Waals surface area (Å²) in [7, 11) is 0. The first kappa shape index (κ1) is 60.1. The fourth-order valence-electron chi connectivity index (χ4n) is 7.30. The second-order valence-electron chi connectivity index (χ2n) is 17.3. The van der Waals surface area contributed by atoms with Crippen molar-refractivity contribution in [3.05, 3.63) is 72.9 Å². The molecule has 11 atom stereocenters. The van der Waals surface area contributed by atoms with E-state index in [-0.39, 0.29) is 19.4 Å². The van der Waals surface area contributed by atoms with Gasteiger partial charge in [-0.15, -0.1) is 0 Å². The third kappa shape index (κ3) is 27.1. The SMILES string of the molecule is CC/C=C/C/C=C/C/C=C/C/C=C/C/C=C/CCCC(=O)O[C@H](COC(=O)CCCCCCC/C=C/CCCCCCC)CO[C@H]1O[C@@H](CO[C@H]2O[C@@H](CO)[C@@H](O)C(O)C2O)[C@@H](O)C(O)C1O. The van der Waals surface area contributed by atoms with Crippen LogP contribution in [0, 0.1) is 0 Å². The van der Waals surface area contributed by atoms with Gasteiger partial charge in [-0.3, -0.25) is 9.59 Å². The standard InChI is InChI=1S/C52H86O15/c1-3-5-7-9-11-13-15-17-19-20-21-23-25-27-29-31-33-35-44(55)65-40(37-62-43(54)34-32-30-28-26-24-22-18-16-14-12-10-8-6-4-2)38-63-51-50(61)48(59)46(57)42(67-51)39-64-52-49(60)47(58)45(56)41(36-53)66-52/h5,7,11,13,16-19,21,23,27,29,40-42,45-53,56-61H,3-4,6,8-10,12,14-15,20,22,24-26,28,30-39H2,1-2H3/b7-5+,13-11+,18-16+,19-17+,23-21+,29-27+/t40-,41+,42+,45-,46-,47?,48?,49?,50?,51+,52+/m1/s1. The summed E-state index contributed by atoms with van der Waals surface area (Å²) in [5.74, 6) is -1.01. The fourth-order valence-corrected chi connectivity index (χ4v) is 7.30. The third-order valence-electron chi connectivity index (χ3n) is 11.4. The van der Waals surface area contributed by atoms with Gasteiger partial charge < -0.3 is 64.2 Å². The van der Waals surface area contributed by atoms with Gasteiger partial charge in [0.05, 0.1) is 19.8 Å². The Hall–Kier alpha value is -3.06. The van der Waals surface area contributed by atoms with Crippen molar-refractivity contribution in [1.82, 2.24) is 0 Å². The molecule has 15 heteroatoms. The quantitative estimate of drug-likeness (QED) is 0.0196. The van der Waals surface area contributed by atoms with E-state index in [0.717, 1.165) is 70.6 Å². The van der Waals surface area contributed by atoms with E-state index in [1.807, 2.05) is 12.2 Å². The molecule has 0 aromatic carbocycles. The molecular formula is C52H86O15. The van der Waals surface area contributed by atoms with E-state index in [0.29, 0.717) is 19.3 Å². The Morgan fingerprint density at radius 1 is 0.493 bits per heavy atom. The van der Waals surface area contributed by atoms with Gasteiger partial charge >= 0.3 is 11.9 Å². The van der Waals surface area contributed by atoms with Crippen molar-refractivity contribution in [2.24, 2.45) is 0 Å². The van der Waals surface area contributed by atoms with Crippen LogP contribution in [0.1, 0.15) is 149 Å². The van der Waals surface area contributed by atoms with Crippen LogP contribution in [0.2, 0.25) is 0 Å². The van der Waals surface area contributed by atoms with Gasteiger partial charge in [0.1, 0.15) is 55.4 Å². The van der Waals surface area contributed by atoms with Crippen LogP contribution >= 0.6 is 0 Å². The minimum absolute atomic E-state index is 0.0818. The number of carbonyl (C=O) groups excluding carboxylic acids is 2. The number of aliphatic hydroxyl groups excluding tert-OH is 7. The lowest BCUT2D eigenvalue weighted by atomic mass is 9.98. The average molecular weight is 951 g/mol. The minimum atomic E-state index is -1.78. The maximum Gasteiger partial charge on any atom is 0.306 e. The largest absolute Gasteiger partial charge is 0.462 e. The average Bonchev–Trinajstić information content (AvgIpc) is 3.32. The van der Waals surface area contributed by atoms with Gasteiger partial charge in [-0.05, 0) is 77.0 Å². The molecule has 0 bridgehead atoms. The molecule has 4 unspecified atom stereocenters. The van der Waals surface area contributed by atoms with E-state index in [4.69, 9.17) is 28.4 Å². The predicted molar refractivity (Wildman–Crippen MR) is 256 cm³/mol. The van der Waals surface area contributed by atoms with Crippen molar-refractivity contribution in [3.63, 3.8) is 0 Å². The van der Waals surface area contributed by atoms with Gasteiger partial charge in [-0.25, -0.2) is 0 Å². The van der Waals surface area contributed by atoms with E-state index in [1.54, 1.807) is 0 Å². The Labute approximate surface area is 400 Å². The van der Waals surface area contributed by atoms with Gasteiger partial charge in [0.15, 0.2) is 18.7 Å². The smallest absolute Gasteiger partial charge is 0.306 e. The summed E-state index contributed by atoms with van der Waals surface area (Å²) in [6.07, 6.45) is 28.0. The van der Waals surface area contributed by atoms with Crippen molar-refractivity contribution in [3.8, 4) is 0 Å². The summed E-state index contributed by atoms with van der Waals surface area (Å²) in [5, 5.41) is 72.0. The number of esters is 2. The summed E-state index contributed by atoms with van der Waals surface area (Å²) in [6.45, 7) is 2.38. The molecule has 2 aliphatic rings. The maximum atomic E-state index is 13.0. The number of ether oxygens (including phenoxy) is 6. The van der Waals surface area contributed by atoms with Crippen molar-refractivity contribution in [2.75, 3.05) is 26.4 Å². The van der Waals surface area contributed by atoms with Gasteiger partial charge in [0, 0.05) is 12.8 Å². The number of unbranched alkanes of at least 4 members (excludes halogenated alkanes) is 11. The number of hydrogen-bond acceptors (Lipinski definition) is 15. The first-order chi connectivity index (χ1) is 32.5. The number of aliphatic hydroxyl groups is 7. The highest BCUT2D eigenvalue weighted by molar-refractivity contribution is 5.70. The Kier molecular flexibility index (Phi) is 34.7. The van der Waals surface area contributed by atoms with Crippen LogP contribution in [-0.2, 0) is 38.0 Å². The monoisotopic (exact) mass is 951 g/mol. The Morgan fingerprint density at radius 2 is 0.955 bits per heavy atom. The van der Waals surface area contributed by atoms with E-state index in [1.165, 1.54) is 32.1 Å². The molecule has 0 saturated carbocycles. The van der Waals surface area contributed by atoms with Crippen LogP contribution in [0.3, 0.4) is 0 Å². The van der Waals surface area contributed by atoms with Crippen LogP contribution in [-0.4, -0.2) is 142 Å². The highest BCUT2D eigenvalue weighted by atomic mass is 16.7. The van der Waals surface area contributed by atoms with Crippen LogP contribution in [0.4, 0.5) is 0 Å². The first-order valence-electron chi connectivity index (χ1n) is 25.0. The molecule has 0 amide bonds. The molecule has 0 radical (unpaired) electrons. The molecule has 2 fully saturated rings. The summed E-state index contributed by atoms with van der Waals surface area (Å²) < 4.78 is 33.5. The van der Waals surface area contributed by atoms with Crippen LogP contribution in [0.15, 0.2) is 72.9 Å². The van der Waals surface area contributed by atoms with Gasteiger partial charge in [0.2, 0.25) is 0 Å². The maximum absolute atomic E-state index is 13.0. The number of carbonyl (C=O) groups is 2. The molecule has 7 N–H and O–H groups in total. The second kappa shape index (κ2) is 38.8. The van der Waals surface area contributed by atoms with Gasteiger partial charge in [0.25, 0.3) is 0 Å². The molecule has 0 spiro atoms. The van der Waals surface area contributed by atoms with Crippen molar-refractivity contribution >= 4 is 11.9 Å². The lowest BCUT2D eigenvalue weighted by Gasteiger charge is -2.42. The minimum Gasteiger partial charge on any atom is -0.462 e. The third-order valence-corrected chi connectivity index (χ3v) is 11.4. The molecule has 2 saturated heterocycles. The Balaban J connectivity index is 1.86. The van der Waals surface area contributed by atoms with E-state index >= 15 is 0 Å². The normalized spacial score (nSPS) is 26.6. The molecule has 67 heavy (non-hydrogen) atoms. The molecule has 15 nitrogen and oxygen atoms in total. The summed E-state index contributed by atoms with van der Waals surface area (Å²) >= 11 is 0. The van der Waals surface area contributed by atoms with Crippen LogP contribution in [0.5, 0.6) is 0 Å². The van der Waals surface area contributed by atoms with Crippen molar-refractivity contribution in [2.45, 2.75) is 216 Å². The van der Waals surface area contributed by atoms with E-state index in [2.05, 4.69) is 74.6 Å². The summed E-state index contributed by atoms with van der Waals surface area (Å²) in [6, 6.07) is 0. The van der Waals surface area contributed by atoms with Crippen molar-refractivity contribution in [1.29, 1.82) is 0 Å². The van der Waals surface area contributed by atoms with Gasteiger partial charge in [-0.2, -0.15) is 0 Å². The number of allylic oxidation sites excluding steroid dienone is 12. The number of rotatable bonds is 37. The van der Waals surface area contributed by atoms with Gasteiger partial charge in [-0.1, -0.05) is 132 Å². The van der Waals surface area contributed by atoms with Crippen molar-refractivity contribution < 1.29 is 73.8 Å². The van der Waals surface area contributed by atoms with Crippen LogP contribution < -0.4 is 0 Å². The zero-order chi connectivity index (χ0) is 48.9. The summed E-state index contributed by atoms with van der Waals surface area (Å²) in [5.41, 5.74) is 0. The first-order valence-corrected chi connectivity index (χ1v) is 25.0. The highest BCUT2D eigenvalue weighted by Gasteiger charge is 2.47. The lowest BCUT2D eigenvalue weighted by molar-refractivity contribution is -0.332. The molecular weight excluding hydrogens is 865 g/mol. The zero-order valence-electron chi connectivity index (χ0n) is 40.4. The van der Waals surface area contributed by atoms with E-state index < -0.39 is 99.3 Å². The molecule has 2 rings (SSSR count). The summed E-state index contributed by atoms with van der Waals surface area (Å²) in [4.78, 5) is 25.7. The molecule has 384 valence electrons. The molecule has 0 aromatic rings. The molecule has 2 heterocycles. The number of hydrogen-bond donors (Lipinski definition) is 7. The van der Waals surface area contributed by atoms with Crippen LogP contribution in [0.25, 0.3) is 0 Å². The molecule has 2 aliphatic heterocycles. The molecule has 0 aromatic heterocycles. The zero-order valence-corrected chi connectivity index (χ0v) is 40.4. The predicted octanol–water partition coefficient (Wildman–Crippen LogP) is 6.65. The fraction of sp³-hybridized carbons (Fsp3) is 0.731. The highest BCUT2D eigenvalue weighted by Crippen LogP contribution is 2.26. The lowest BCUT2D eigenvalue weighted by Crippen LogP contribution is -2.61. The Morgan fingerprint density at radius 3 is 1.54 bits per heavy atom. The molecule has 0 aliphatic carbocycles. The Bertz CT molecular complexity index is 1440. The topological polar surface area (TPSA) is 231 Å². The second-order valence-corrected chi connectivity index (χ2v) is 17.3.